The topological polar surface area (TPSA) is 52.2 Å². The molecule has 30 heavy (non-hydrogen) atoms. The Morgan fingerprint density at radius 1 is 1.07 bits per heavy atom. The summed E-state index contributed by atoms with van der Waals surface area (Å²) in [5, 5.41) is 7.91. The Kier molecular flexibility index (Phi) is 4.87. The van der Waals surface area contributed by atoms with Crippen LogP contribution in [0.2, 0.25) is 0 Å². The van der Waals surface area contributed by atoms with Crippen LogP contribution in [0.15, 0.2) is 42.5 Å². The van der Waals surface area contributed by atoms with Crippen molar-refractivity contribution in [3.05, 3.63) is 76.2 Å². The van der Waals surface area contributed by atoms with E-state index in [1.54, 1.807) is 12.1 Å². The Labute approximate surface area is 175 Å². The zero-order valence-electron chi connectivity index (χ0n) is 17.1. The van der Waals surface area contributed by atoms with Crippen molar-refractivity contribution in [3.63, 3.8) is 0 Å². The van der Waals surface area contributed by atoms with Crippen molar-refractivity contribution >= 4 is 5.91 Å². The molecule has 0 saturated heterocycles. The quantitative estimate of drug-likeness (QED) is 0.729. The van der Waals surface area contributed by atoms with Gasteiger partial charge in [0.2, 0.25) is 5.91 Å². The summed E-state index contributed by atoms with van der Waals surface area (Å²) in [6, 6.07) is 12.7. The fraction of sp³-hybridized carbons (Fsp3) is 0.333. The van der Waals surface area contributed by atoms with Crippen LogP contribution in [0.1, 0.15) is 27.9 Å². The van der Waals surface area contributed by atoms with Gasteiger partial charge in [0.05, 0.1) is 12.1 Å². The zero-order valence-corrected chi connectivity index (χ0v) is 17.1. The molecule has 6 heteroatoms. The van der Waals surface area contributed by atoms with Crippen molar-refractivity contribution < 1.29 is 9.18 Å². The first-order valence-corrected chi connectivity index (χ1v) is 10.5. The molecule has 0 atom stereocenters. The maximum absolute atomic E-state index is 13.1. The number of amides is 1. The molecule has 0 spiro atoms. The average Bonchev–Trinajstić information content (AvgIpc) is 3.25. The average molecular weight is 404 g/mol. The number of hydrogen-bond acceptors (Lipinski definition) is 3. The smallest absolute Gasteiger partial charge is 0.227 e. The molecule has 5 rings (SSSR count). The Hall–Kier alpha value is -2.99. The van der Waals surface area contributed by atoms with E-state index in [1.807, 2.05) is 4.90 Å². The summed E-state index contributed by atoms with van der Waals surface area (Å²) < 4.78 is 13.1. The first-order chi connectivity index (χ1) is 14.6. The largest absolute Gasteiger partial charge is 0.342 e. The fourth-order valence-electron chi connectivity index (χ4n) is 4.65. The molecule has 0 bridgehead atoms. The molecule has 3 heterocycles. The van der Waals surface area contributed by atoms with Gasteiger partial charge in [0.25, 0.3) is 0 Å². The number of halogens is 1. The van der Waals surface area contributed by atoms with E-state index in [0.29, 0.717) is 19.5 Å². The second-order valence-corrected chi connectivity index (χ2v) is 8.33. The minimum atomic E-state index is -0.280. The summed E-state index contributed by atoms with van der Waals surface area (Å²) in [6.45, 7) is 3.26. The van der Waals surface area contributed by atoms with Crippen molar-refractivity contribution in [2.45, 2.75) is 32.4 Å². The molecule has 154 valence electrons. The molecule has 1 N–H and O–H groups in total. The third-order valence-electron chi connectivity index (χ3n) is 6.23. The Morgan fingerprint density at radius 3 is 2.70 bits per heavy atom. The van der Waals surface area contributed by atoms with E-state index in [1.165, 1.54) is 34.4 Å². The van der Waals surface area contributed by atoms with E-state index in [9.17, 15) is 9.18 Å². The predicted octanol–water partition coefficient (Wildman–Crippen LogP) is 3.33. The van der Waals surface area contributed by atoms with Gasteiger partial charge in [-0.05, 0) is 42.3 Å². The molecule has 5 nitrogen and oxygen atoms in total. The minimum Gasteiger partial charge on any atom is -0.342 e. The van der Waals surface area contributed by atoms with E-state index in [0.717, 1.165) is 42.9 Å². The maximum atomic E-state index is 13.1. The van der Waals surface area contributed by atoms with Crippen LogP contribution in [0, 0.1) is 5.82 Å². The molecular formula is C24H25FN4O. The summed E-state index contributed by atoms with van der Waals surface area (Å²) >= 11 is 0. The second-order valence-electron chi connectivity index (χ2n) is 8.33. The van der Waals surface area contributed by atoms with Gasteiger partial charge in [-0.2, -0.15) is 5.10 Å². The highest BCUT2D eigenvalue weighted by molar-refractivity contribution is 5.79. The molecule has 0 saturated carbocycles. The molecule has 2 aliphatic heterocycles. The lowest BCUT2D eigenvalue weighted by Gasteiger charge is -2.20. The van der Waals surface area contributed by atoms with E-state index in [4.69, 9.17) is 0 Å². The molecule has 2 aromatic carbocycles. The molecule has 1 amide bonds. The highest BCUT2D eigenvalue weighted by atomic mass is 19.1. The Balaban J connectivity index is 1.35. The molecule has 0 fully saturated rings. The number of benzene rings is 2. The third-order valence-corrected chi connectivity index (χ3v) is 6.23. The van der Waals surface area contributed by atoms with E-state index >= 15 is 0 Å². The number of carbonyl (C=O) groups excluding carboxylic acids is 1. The van der Waals surface area contributed by atoms with Crippen molar-refractivity contribution in [1.82, 2.24) is 20.0 Å². The standard InChI is InChI=1S/C24H25FN4O/c1-28-14-17-3-2-4-19(21(17)15-28)24-20-9-11-29(12-10-22(20)26-27-24)23(30)13-16-5-7-18(25)8-6-16/h2-8H,9-15H2,1H3,(H,26,27). The summed E-state index contributed by atoms with van der Waals surface area (Å²) in [5.74, 6) is -0.193. The van der Waals surface area contributed by atoms with Gasteiger partial charge in [-0.3, -0.25) is 14.8 Å². The Morgan fingerprint density at radius 2 is 1.87 bits per heavy atom. The summed E-state index contributed by atoms with van der Waals surface area (Å²) in [7, 11) is 2.14. The van der Waals surface area contributed by atoms with Gasteiger partial charge in [-0.15, -0.1) is 0 Å². The van der Waals surface area contributed by atoms with Crippen LogP contribution >= 0.6 is 0 Å². The van der Waals surface area contributed by atoms with Crippen LogP contribution in [0.3, 0.4) is 0 Å². The summed E-state index contributed by atoms with van der Waals surface area (Å²) in [5.41, 5.74) is 8.18. The number of hydrogen-bond donors (Lipinski definition) is 1. The van der Waals surface area contributed by atoms with Crippen molar-refractivity contribution in [2.24, 2.45) is 0 Å². The molecular weight excluding hydrogens is 379 g/mol. The van der Waals surface area contributed by atoms with E-state index in [2.05, 4.69) is 40.3 Å². The highest BCUT2D eigenvalue weighted by Crippen LogP contribution is 2.34. The van der Waals surface area contributed by atoms with Crippen LogP contribution in [-0.4, -0.2) is 46.0 Å². The van der Waals surface area contributed by atoms with Gasteiger partial charge in [-0.1, -0.05) is 30.3 Å². The van der Waals surface area contributed by atoms with E-state index in [-0.39, 0.29) is 11.7 Å². The van der Waals surface area contributed by atoms with E-state index < -0.39 is 0 Å². The monoisotopic (exact) mass is 404 g/mol. The van der Waals surface area contributed by atoms with Crippen LogP contribution in [-0.2, 0) is 37.1 Å². The number of aromatic nitrogens is 2. The maximum Gasteiger partial charge on any atom is 0.227 e. The van der Waals surface area contributed by atoms with Crippen LogP contribution in [0.5, 0.6) is 0 Å². The molecule has 1 aromatic heterocycles. The second kappa shape index (κ2) is 7.69. The van der Waals surface area contributed by atoms with Crippen LogP contribution in [0.25, 0.3) is 11.3 Å². The number of H-pyrrole nitrogens is 1. The first kappa shape index (κ1) is 19.0. The number of fused-ring (bicyclic) bond motifs is 2. The van der Waals surface area contributed by atoms with Gasteiger partial charge in [0.15, 0.2) is 0 Å². The van der Waals surface area contributed by atoms with Gasteiger partial charge in [-0.25, -0.2) is 4.39 Å². The number of aromatic amines is 1. The Bertz CT molecular complexity index is 1090. The predicted molar refractivity (Wildman–Crippen MR) is 113 cm³/mol. The van der Waals surface area contributed by atoms with Crippen molar-refractivity contribution in [2.75, 3.05) is 20.1 Å². The molecule has 0 aliphatic carbocycles. The zero-order chi connectivity index (χ0) is 20.7. The lowest BCUT2D eigenvalue weighted by atomic mass is 9.96. The summed E-state index contributed by atoms with van der Waals surface area (Å²) in [4.78, 5) is 17.1. The van der Waals surface area contributed by atoms with Crippen molar-refractivity contribution in [3.8, 4) is 11.3 Å². The molecule has 2 aliphatic rings. The van der Waals surface area contributed by atoms with Gasteiger partial charge >= 0.3 is 0 Å². The third kappa shape index (κ3) is 3.52. The number of carbonyl (C=O) groups is 1. The van der Waals surface area contributed by atoms with Crippen LogP contribution in [0.4, 0.5) is 4.39 Å². The van der Waals surface area contributed by atoms with Gasteiger partial charge in [0.1, 0.15) is 5.82 Å². The molecule has 0 unspecified atom stereocenters. The van der Waals surface area contributed by atoms with Crippen LogP contribution < -0.4 is 0 Å². The number of nitrogens with zero attached hydrogens (tertiary/aromatic N) is 3. The van der Waals surface area contributed by atoms with Gasteiger partial charge in [0, 0.05) is 49.4 Å². The number of rotatable bonds is 3. The lowest BCUT2D eigenvalue weighted by Crippen LogP contribution is -2.34. The minimum absolute atomic E-state index is 0.0866. The molecule has 3 aromatic rings. The first-order valence-electron chi connectivity index (χ1n) is 10.5. The van der Waals surface area contributed by atoms with Crippen molar-refractivity contribution in [1.29, 1.82) is 0 Å². The lowest BCUT2D eigenvalue weighted by molar-refractivity contribution is -0.130. The SMILES string of the molecule is CN1Cc2cccc(-c3n[nH]c4c3CCN(C(=O)Cc3ccc(F)cc3)CC4)c2C1. The van der Waals surface area contributed by atoms with Gasteiger partial charge < -0.3 is 4.90 Å². The molecule has 0 radical (unpaired) electrons. The number of nitrogens with one attached hydrogen (secondary N) is 1. The normalized spacial score (nSPS) is 16.3. The summed E-state index contributed by atoms with van der Waals surface area (Å²) in [6.07, 6.45) is 1.86. The fourth-order valence-corrected chi connectivity index (χ4v) is 4.65. The highest BCUT2D eigenvalue weighted by Gasteiger charge is 2.26.